The molecule has 11 heteroatoms. The number of hydrogen-bond donors (Lipinski definition) is 2. The molecule has 0 aliphatic rings. The Morgan fingerprint density at radius 1 is 1.05 bits per heavy atom. The predicted octanol–water partition coefficient (Wildman–Crippen LogP) is 4.72. The quantitative estimate of drug-likeness (QED) is 0.285. The first kappa shape index (κ1) is 30.6. The molecule has 0 saturated heterocycles. The Kier molecular flexibility index (Phi) is 11.0. The summed E-state index contributed by atoms with van der Waals surface area (Å²) in [5, 5.41) is 13.6. The van der Waals surface area contributed by atoms with Crippen molar-refractivity contribution in [1.82, 2.24) is 14.9 Å². The molecule has 0 aliphatic heterocycles. The van der Waals surface area contributed by atoms with Crippen LogP contribution in [0.2, 0.25) is 10.0 Å². The highest BCUT2D eigenvalue weighted by Crippen LogP contribution is 2.21. The van der Waals surface area contributed by atoms with E-state index in [1.165, 1.54) is 6.92 Å². The monoisotopic (exact) mass is 555 g/mol. The van der Waals surface area contributed by atoms with Crippen LogP contribution in [0.15, 0.2) is 30.7 Å². The van der Waals surface area contributed by atoms with Gasteiger partial charge in [-0.2, -0.15) is 0 Å². The van der Waals surface area contributed by atoms with Gasteiger partial charge in [-0.15, -0.1) is 0 Å². The van der Waals surface area contributed by atoms with Crippen LogP contribution in [0.4, 0.5) is 0 Å². The van der Waals surface area contributed by atoms with E-state index in [0.29, 0.717) is 28.7 Å². The summed E-state index contributed by atoms with van der Waals surface area (Å²) in [5.74, 6) is -2.29. The number of carbonyl (C=O) groups excluding carboxylic acids is 2. The zero-order valence-electron chi connectivity index (χ0n) is 22.0. The number of rotatable bonds is 12. The molecule has 2 rings (SSSR count). The highest BCUT2D eigenvalue weighted by atomic mass is 35.5. The third-order valence-corrected chi connectivity index (χ3v) is 5.78. The summed E-state index contributed by atoms with van der Waals surface area (Å²) < 4.78 is 12.5. The normalized spacial score (nSPS) is 14.2. The Balaban J connectivity index is 2.27. The zero-order valence-corrected chi connectivity index (χ0v) is 23.5. The number of halogens is 2. The maximum Gasteiger partial charge on any atom is 0.326 e. The van der Waals surface area contributed by atoms with Gasteiger partial charge in [0, 0.05) is 41.8 Å². The van der Waals surface area contributed by atoms with Gasteiger partial charge < -0.3 is 19.1 Å². The van der Waals surface area contributed by atoms with E-state index in [1.807, 2.05) is 18.4 Å². The molecule has 0 fully saturated rings. The molecule has 1 heterocycles. The lowest BCUT2D eigenvalue weighted by Crippen LogP contribution is -2.50. The van der Waals surface area contributed by atoms with Crippen LogP contribution in [-0.2, 0) is 36.8 Å². The minimum atomic E-state index is -1.16. The molecule has 0 amide bonds. The molecule has 204 valence electrons. The number of aromatic nitrogens is 2. The van der Waals surface area contributed by atoms with Crippen LogP contribution in [-0.4, -0.2) is 50.9 Å². The number of ether oxygens (including phenoxy) is 2. The highest BCUT2D eigenvalue weighted by Gasteiger charge is 2.32. The highest BCUT2D eigenvalue weighted by molar-refractivity contribution is 6.34. The fraction of sp³-hybridized carbons (Fsp3) is 0.538. The summed E-state index contributed by atoms with van der Waals surface area (Å²) in [4.78, 5) is 41.5. The van der Waals surface area contributed by atoms with Gasteiger partial charge in [-0.1, -0.05) is 37.0 Å². The van der Waals surface area contributed by atoms with Gasteiger partial charge in [0.05, 0.1) is 11.7 Å². The Morgan fingerprint density at radius 2 is 1.68 bits per heavy atom. The van der Waals surface area contributed by atoms with Gasteiger partial charge in [0.25, 0.3) is 0 Å². The number of esters is 2. The van der Waals surface area contributed by atoms with Crippen LogP contribution in [0.25, 0.3) is 0 Å². The Labute approximate surface area is 227 Å². The number of nitrogens with zero attached hydrogens (tertiary/aromatic N) is 2. The van der Waals surface area contributed by atoms with Crippen molar-refractivity contribution in [1.29, 1.82) is 0 Å². The number of carboxylic acid groups (broad SMARTS) is 1. The summed E-state index contributed by atoms with van der Waals surface area (Å²) in [6, 6.07) is 3.14. The minimum absolute atomic E-state index is 0.0649. The van der Waals surface area contributed by atoms with Crippen LogP contribution in [0, 0.1) is 11.3 Å². The molecule has 0 saturated carbocycles. The average Bonchev–Trinajstić information content (AvgIpc) is 3.17. The van der Waals surface area contributed by atoms with Gasteiger partial charge in [-0.3, -0.25) is 19.7 Å². The molecule has 0 bridgehead atoms. The van der Waals surface area contributed by atoms with E-state index in [4.69, 9.17) is 32.7 Å². The number of imidazole rings is 1. The molecule has 37 heavy (non-hydrogen) atoms. The Morgan fingerprint density at radius 3 is 2.22 bits per heavy atom. The van der Waals surface area contributed by atoms with Crippen LogP contribution >= 0.6 is 23.2 Å². The standard InChI is InChI=1S/C26H35Cl2N3O6/c1-15(2)7-21(23(32)33)30-22(24(34)36-16(3)37-25(35)26(4,5)6)11-20-12-29-14-31(20)13-17-8-18(27)10-19(28)9-17/h8-10,12,14-16,21-22,30H,7,11,13H2,1-6H3,(H,32,33)/t16?,21-,22-/m0/s1. The molecule has 1 unspecified atom stereocenters. The zero-order chi connectivity index (χ0) is 27.9. The SMILES string of the molecule is CC(C)C[C@H](N[C@@H](Cc1cncn1Cc1cc(Cl)cc(Cl)c1)C(=O)OC(C)OC(=O)C(C)(C)C)C(=O)O. The van der Waals surface area contributed by atoms with Crippen molar-refractivity contribution in [2.75, 3.05) is 0 Å². The van der Waals surface area contributed by atoms with Crippen molar-refractivity contribution in [2.24, 2.45) is 11.3 Å². The lowest BCUT2D eigenvalue weighted by Gasteiger charge is -2.26. The number of hydrogen-bond acceptors (Lipinski definition) is 7. The first-order chi connectivity index (χ1) is 17.1. The van der Waals surface area contributed by atoms with E-state index >= 15 is 0 Å². The molecule has 0 spiro atoms. The number of aliphatic carboxylic acids is 1. The minimum Gasteiger partial charge on any atom is -0.480 e. The summed E-state index contributed by atoms with van der Waals surface area (Å²) in [7, 11) is 0. The molecule has 0 radical (unpaired) electrons. The number of carbonyl (C=O) groups is 3. The second-order valence-corrected chi connectivity index (χ2v) is 11.3. The smallest absolute Gasteiger partial charge is 0.326 e. The first-order valence-corrected chi connectivity index (χ1v) is 12.8. The summed E-state index contributed by atoms with van der Waals surface area (Å²) in [5.41, 5.74) is 0.702. The van der Waals surface area contributed by atoms with Crippen LogP contribution in [0.1, 0.15) is 59.2 Å². The second kappa shape index (κ2) is 13.3. The second-order valence-electron chi connectivity index (χ2n) is 10.4. The number of nitrogens with one attached hydrogen (secondary N) is 1. The van der Waals surface area contributed by atoms with E-state index < -0.39 is 41.7 Å². The van der Waals surface area contributed by atoms with Crippen LogP contribution in [0.3, 0.4) is 0 Å². The fourth-order valence-corrected chi connectivity index (χ4v) is 4.10. The largest absolute Gasteiger partial charge is 0.480 e. The third kappa shape index (κ3) is 9.98. The summed E-state index contributed by atoms with van der Waals surface area (Å²) in [6.45, 7) is 10.7. The van der Waals surface area contributed by atoms with Gasteiger partial charge in [-0.25, -0.2) is 4.98 Å². The van der Waals surface area contributed by atoms with Crippen molar-refractivity contribution in [3.8, 4) is 0 Å². The van der Waals surface area contributed by atoms with Gasteiger partial charge in [0.15, 0.2) is 0 Å². The van der Waals surface area contributed by atoms with Crippen LogP contribution < -0.4 is 5.32 Å². The summed E-state index contributed by atoms with van der Waals surface area (Å²) >= 11 is 12.2. The molecule has 2 N–H and O–H groups in total. The van der Waals surface area contributed by atoms with E-state index in [-0.39, 0.29) is 12.3 Å². The topological polar surface area (TPSA) is 120 Å². The van der Waals surface area contributed by atoms with E-state index in [2.05, 4.69) is 10.3 Å². The summed E-state index contributed by atoms with van der Waals surface area (Å²) in [6.07, 6.45) is 2.41. The lowest BCUT2D eigenvalue weighted by molar-refractivity contribution is -0.191. The van der Waals surface area contributed by atoms with Crippen molar-refractivity contribution >= 4 is 41.1 Å². The fourth-order valence-electron chi connectivity index (χ4n) is 3.53. The third-order valence-electron chi connectivity index (χ3n) is 5.35. The molecule has 1 aromatic heterocycles. The number of carboxylic acids is 1. The van der Waals surface area contributed by atoms with Crippen molar-refractivity contribution < 1.29 is 29.0 Å². The molecule has 2 aromatic rings. The van der Waals surface area contributed by atoms with Gasteiger partial charge in [0.2, 0.25) is 6.29 Å². The van der Waals surface area contributed by atoms with E-state index in [1.54, 1.807) is 51.5 Å². The van der Waals surface area contributed by atoms with Crippen LogP contribution in [0.5, 0.6) is 0 Å². The van der Waals surface area contributed by atoms with E-state index in [0.717, 1.165) is 5.56 Å². The first-order valence-electron chi connectivity index (χ1n) is 12.0. The van der Waals surface area contributed by atoms with Gasteiger partial charge in [-0.05, 0) is 56.9 Å². The number of benzene rings is 1. The molecule has 3 atom stereocenters. The van der Waals surface area contributed by atoms with Crippen molar-refractivity contribution in [3.63, 3.8) is 0 Å². The lowest BCUT2D eigenvalue weighted by atomic mass is 9.97. The molecule has 1 aromatic carbocycles. The predicted molar refractivity (Wildman–Crippen MR) is 140 cm³/mol. The molecular formula is C26H35Cl2N3O6. The van der Waals surface area contributed by atoms with Gasteiger partial charge >= 0.3 is 17.9 Å². The molecule has 9 nitrogen and oxygen atoms in total. The van der Waals surface area contributed by atoms with Crippen molar-refractivity contribution in [3.05, 3.63) is 52.0 Å². The Bertz CT molecular complexity index is 1080. The molecular weight excluding hydrogens is 521 g/mol. The molecule has 0 aliphatic carbocycles. The average molecular weight is 556 g/mol. The van der Waals surface area contributed by atoms with Crippen molar-refractivity contribution in [2.45, 2.75) is 79.3 Å². The van der Waals surface area contributed by atoms with Gasteiger partial charge in [0.1, 0.15) is 12.1 Å². The Hall–Kier alpha value is -2.62. The maximum absolute atomic E-state index is 13.2. The maximum atomic E-state index is 13.2. The van der Waals surface area contributed by atoms with E-state index in [9.17, 15) is 19.5 Å².